The molecule has 16 heavy (non-hydrogen) atoms. The third-order valence-corrected chi connectivity index (χ3v) is 5.06. The van der Waals surface area contributed by atoms with Crippen molar-refractivity contribution in [2.24, 2.45) is 17.6 Å². The topological polar surface area (TPSA) is 29.3 Å². The number of nitrogens with two attached hydrogens (primary N) is 1. The summed E-state index contributed by atoms with van der Waals surface area (Å²) in [4.78, 5) is 2.73. The summed E-state index contributed by atoms with van der Waals surface area (Å²) in [6.07, 6.45) is 6.80. The molecule has 2 rings (SSSR count). The number of hydrogen-bond acceptors (Lipinski definition) is 2. The van der Waals surface area contributed by atoms with Gasteiger partial charge in [0, 0.05) is 18.1 Å². The zero-order chi connectivity index (χ0) is 11.8. The largest absolute Gasteiger partial charge is 0.329 e. The van der Waals surface area contributed by atoms with Gasteiger partial charge in [0.25, 0.3) is 0 Å². The van der Waals surface area contributed by atoms with E-state index in [1.807, 2.05) is 0 Å². The van der Waals surface area contributed by atoms with Gasteiger partial charge in [-0.2, -0.15) is 0 Å². The van der Waals surface area contributed by atoms with E-state index in [0.29, 0.717) is 5.54 Å². The molecule has 0 aromatic rings. The van der Waals surface area contributed by atoms with Crippen LogP contribution < -0.4 is 5.73 Å². The minimum atomic E-state index is 0.335. The van der Waals surface area contributed by atoms with E-state index in [-0.39, 0.29) is 0 Å². The fourth-order valence-electron chi connectivity index (χ4n) is 3.61. The lowest BCUT2D eigenvalue weighted by atomic mass is 9.70. The van der Waals surface area contributed by atoms with Gasteiger partial charge in [0.15, 0.2) is 0 Å². The number of likely N-dealkylation sites (N-methyl/N-ethyl adjacent to an activating group) is 1. The molecule has 0 spiro atoms. The summed E-state index contributed by atoms with van der Waals surface area (Å²) in [7, 11) is 0. The molecule has 2 nitrogen and oxygen atoms in total. The minimum Gasteiger partial charge on any atom is -0.329 e. The van der Waals surface area contributed by atoms with Crippen molar-refractivity contribution in [3.05, 3.63) is 0 Å². The highest BCUT2D eigenvalue weighted by molar-refractivity contribution is 5.02. The van der Waals surface area contributed by atoms with Crippen LogP contribution in [0.3, 0.4) is 0 Å². The van der Waals surface area contributed by atoms with Gasteiger partial charge in [0.1, 0.15) is 0 Å². The van der Waals surface area contributed by atoms with Crippen LogP contribution in [-0.4, -0.2) is 29.6 Å². The maximum Gasteiger partial charge on any atom is 0.0337 e. The molecule has 2 aliphatic rings. The maximum atomic E-state index is 6.15. The van der Waals surface area contributed by atoms with Gasteiger partial charge in [-0.25, -0.2) is 0 Å². The standard InChI is InChI=1S/C14H28N2/c1-4-16(13-5-6-13)14(10-15)8-7-11(2)12(3)9-14/h11-13H,4-10,15H2,1-3H3. The quantitative estimate of drug-likeness (QED) is 0.795. The zero-order valence-corrected chi connectivity index (χ0v) is 11.2. The Kier molecular flexibility index (Phi) is 3.60. The van der Waals surface area contributed by atoms with Crippen molar-refractivity contribution in [2.75, 3.05) is 13.1 Å². The van der Waals surface area contributed by atoms with E-state index in [2.05, 4.69) is 25.7 Å². The van der Waals surface area contributed by atoms with Crippen molar-refractivity contribution in [3.8, 4) is 0 Å². The third-order valence-electron chi connectivity index (χ3n) is 5.06. The van der Waals surface area contributed by atoms with E-state index in [9.17, 15) is 0 Å². The number of nitrogens with zero attached hydrogens (tertiary/aromatic N) is 1. The molecule has 2 aliphatic carbocycles. The van der Waals surface area contributed by atoms with Crippen LogP contribution in [0, 0.1) is 11.8 Å². The van der Waals surface area contributed by atoms with Crippen molar-refractivity contribution >= 4 is 0 Å². The second-order valence-electron chi connectivity index (χ2n) is 6.14. The van der Waals surface area contributed by atoms with E-state index in [0.717, 1.165) is 24.4 Å². The highest BCUT2D eigenvalue weighted by atomic mass is 15.3. The molecule has 0 amide bonds. The Labute approximate surface area is 101 Å². The second kappa shape index (κ2) is 4.66. The van der Waals surface area contributed by atoms with Crippen LogP contribution in [0.2, 0.25) is 0 Å². The van der Waals surface area contributed by atoms with Crippen LogP contribution in [0.15, 0.2) is 0 Å². The average Bonchev–Trinajstić information content (AvgIpc) is 3.09. The van der Waals surface area contributed by atoms with Crippen molar-refractivity contribution in [3.63, 3.8) is 0 Å². The molecule has 0 saturated heterocycles. The fraction of sp³-hybridized carbons (Fsp3) is 1.00. The molecule has 0 aliphatic heterocycles. The van der Waals surface area contributed by atoms with Gasteiger partial charge in [-0.15, -0.1) is 0 Å². The molecule has 0 aromatic heterocycles. The monoisotopic (exact) mass is 224 g/mol. The van der Waals surface area contributed by atoms with Gasteiger partial charge in [-0.1, -0.05) is 20.8 Å². The first kappa shape index (κ1) is 12.4. The van der Waals surface area contributed by atoms with Crippen molar-refractivity contribution < 1.29 is 0 Å². The first-order valence-corrected chi connectivity index (χ1v) is 7.10. The van der Waals surface area contributed by atoms with Crippen LogP contribution in [0.5, 0.6) is 0 Å². The average molecular weight is 224 g/mol. The molecule has 2 saturated carbocycles. The van der Waals surface area contributed by atoms with E-state index >= 15 is 0 Å². The molecule has 2 N–H and O–H groups in total. The van der Waals surface area contributed by atoms with E-state index in [4.69, 9.17) is 5.73 Å². The summed E-state index contributed by atoms with van der Waals surface area (Å²) >= 11 is 0. The van der Waals surface area contributed by atoms with Crippen LogP contribution in [0.25, 0.3) is 0 Å². The van der Waals surface area contributed by atoms with Gasteiger partial charge in [-0.3, -0.25) is 4.90 Å². The normalized spacial score (nSPS) is 40.3. The summed E-state index contributed by atoms with van der Waals surface area (Å²) in [6, 6.07) is 0.856. The smallest absolute Gasteiger partial charge is 0.0337 e. The molecule has 0 radical (unpaired) electrons. The Balaban J connectivity index is 2.11. The third kappa shape index (κ3) is 2.14. The predicted molar refractivity (Wildman–Crippen MR) is 69.4 cm³/mol. The molecule has 0 bridgehead atoms. The van der Waals surface area contributed by atoms with Gasteiger partial charge in [-0.05, 0) is 50.5 Å². The van der Waals surface area contributed by atoms with Gasteiger partial charge < -0.3 is 5.73 Å². The molecule has 2 fully saturated rings. The van der Waals surface area contributed by atoms with Crippen LogP contribution in [-0.2, 0) is 0 Å². The summed E-state index contributed by atoms with van der Waals surface area (Å²) in [5.74, 6) is 1.72. The second-order valence-corrected chi connectivity index (χ2v) is 6.14. The number of rotatable bonds is 4. The molecule has 2 heteroatoms. The maximum absolute atomic E-state index is 6.15. The van der Waals surface area contributed by atoms with Gasteiger partial charge in [0.2, 0.25) is 0 Å². The summed E-state index contributed by atoms with van der Waals surface area (Å²) in [6.45, 7) is 9.16. The zero-order valence-electron chi connectivity index (χ0n) is 11.2. The highest BCUT2D eigenvalue weighted by Gasteiger charge is 2.45. The summed E-state index contributed by atoms with van der Waals surface area (Å²) in [5.41, 5.74) is 6.48. The Hall–Kier alpha value is -0.0800. The number of hydrogen-bond donors (Lipinski definition) is 1. The molecule has 3 unspecified atom stereocenters. The minimum absolute atomic E-state index is 0.335. The lowest BCUT2D eigenvalue weighted by Gasteiger charge is -2.49. The summed E-state index contributed by atoms with van der Waals surface area (Å²) in [5, 5.41) is 0. The van der Waals surface area contributed by atoms with Crippen molar-refractivity contribution in [1.29, 1.82) is 0 Å². The Morgan fingerprint density at radius 2 is 1.88 bits per heavy atom. The van der Waals surface area contributed by atoms with E-state index < -0.39 is 0 Å². The van der Waals surface area contributed by atoms with Crippen molar-refractivity contribution in [2.45, 2.75) is 64.5 Å². The van der Waals surface area contributed by atoms with E-state index in [1.165, 1.54) is 38.6 Å². The fourth-order valence-corrected chi connectivity index (χ4v) is 3.61. The first-order valence-electron chi connectivity index (χ1n) is 7.10. The van der Waals surface area contributed by atoms with Crippen LogP contribution >= 0.6 is 0 Å². The first-order chi connectivity index (χ1) is 7.63. The lowest BCUT2D eigenvalue weighted by molar-refractivity contribution is 0.0186. The molecule has 0 aromatic carbocycles. The SMILES string of the molecule is CCN(C1CC1)C1(CN)CCC(C)C(C)C1. The van der Waals surface area contributed by atoms with Crippen LogP contribution in [0.1, 0.15) is 52.9 Å². The van der Waals surface area contributed by atoms with Crippen LogP contribution in [0.4, 0.5) is 0 Å². The summed E-state index contributed by atoms with van der Waals surface area (Å²) < 4.78 is 0. The molecule has 3 atom stereocenters. The van der Waals surface area contributed by atoms with Gasteiger partial charge in [0.05, 0.1) is 0 Å². The molecule has 94 valence electrons. The Morgan fingerprint density at radius 3 is 2.31 bits per heavy atom. The molecular weight excluding hydrogens is 196 g/mol. The van der Waals surface area contributed by atoms with E-state index in [1.54, 1.807) is 0 Å². The Bertz CT molecular complexity index is 237. The Morgan fingerprint density at radius 1 is 1.19 bits per heavy atom. The highest BCUT2D eigenvalue weighted by Crippen LogP contribution is 2.43. The lowest BCUT2D eigenvalue weighted by Crippen LogP contribution is -2.57. The molecular formula is C14H28N2. The predicted octanol–water partition coefficient (Wildman–Crippen LogP) is 2.62. The molecule has 0 heterocycles. The van der Waals surface area contributed by atoms with Crippen molar-refractivity contribution in [1.82, 2.24) is 4.90 Å². The van der Waals surface area contributed by atoms with Gasteiger partial charge >= 0.3 is 0 Å².